The highest BCUT2D eigenvalue weighted by molar-refractivity contribution is 5.20. The van der Waals surface area contributed by atoms with Crippen LogP contribution >= 0.6 is 0 Å². The zero-order chi connectivity index (χ0) is 14.4. The molecule has 0 radical (unpaired) electrons. The Hall–Kier alpha value is -1.95. The number of hydrogen-bond donors (Lipinski definition) is 1. The van der Waals surface area contributed by atoms with Gasteiger partial charge in [-0.15, -0.1) is 0 Å². The van der Waals surface area contributed by atoms with Crippen LogP contribution in [0.5, 0.6) is 5.75 Å². The van der Waals surface area contributed by atoms with Crippen LogP contribution in [-0.2, 0) is 19.4 Å². The molecule has 0 fully saturated rings. The van der Waals surface area contributed by atoms with Crippen LogP contribution in [0.25, 0.3) is 0 Å². The van der Waals surface area contributed by atoms with Gasteiger partial charge in [0.15, 0.2) is 12.4 Å². The zero-order valence-corrected chi connectivity index (χ0v) is 11.9. The second-order valence-electron chi connectivity index (χ2n) is 4.81. The highest BCUT2D eigenvalue weighted by atomic mass is 16.5. The highest BCUT2D eigenvalue weighted by Gasteiger charge is 2.06. The van der Waals surface area contributed by atoms with Crippen molar-refractivity contribution >= 4 is 0 Å². The SMILES string of the molecule is CCCc1noc(COc2ccc(CC(C)N)nc2)n1. The standard InChI is InChI=1S/C14H20N4O2/c1-3-4-13-17-14(20-18-13)9-19-12-6-5-11(16-8-12)7-10(2)15/h5-6,8,10H,3-4,7,9,15H2,1-2H3. The monoisotopic (exact) mass is 276 g/mol. The number of rotatable bonds is 7. The number of aryl methyl sites for hydroxylation is 1. The van der Waals surface area contributed by atoms with Gasteiger partial charge in [-0.2, -0.15) is 4.98 Å². The molecule has 2 aromatic rings. The molecule has 2 N–H and O–H groups in total. The first-order chi connectivity index (χ1) is 9.67. The molecule has 20 heavy (non-hydrogen) atoms. The molecule has 2 aromatic heterocycles. The molecule has 0 saturated heterocycles. The van der Waals surface area contributed by atoms with Gasteiger partial charge < -0.3 is 15.0 Å². The molecule has 0 bridgehead atoms. The molecule has 0 aromatic carbocycles. The van der Waals surface area contributed by atoms with Gasteiger partial charge in [-0.25, -0.2) is 0 Å². The van der Waals surface area contributed by atoms with Crippen molar-refractivity contribution in [2.24, 2.45) is 5.73 Å². The highest BCUT2D eigenvalue weighted by Crippen LogP contribution is 2.12. The van der Waals surface area contributed by atoms with Gasteiger partial charge in [0, 0.05) is 24.6 Å². The number of hydrogen-bond acceptors (Lipinski definition) is 6. The van der Waals surface area contributed by atoms with E-state index >= 15 is 0 Å². The van der Waals surface area contributed by atoms with Crippen molar-refractivity contribution in [1.82, 2.24) is 15.1 Å². The third-order valence-electron chi connectivity index (χ3n) is 2.67. The van der Waals surface area contributed by atoms with Crippen LogP contribution in [0.15, 0.2) is 22.9 Å². The Bertz CT molecular complexity index is 522. The Morgan fingerprint density at radius 1 is 1.40 bits per heavy atom. The molecule has 0 aliphatic heterocycles. The van der Waals surface area contributed by atoms with Crippen LogP contribution in [0.1, 0.15) is 37.7 Å². The van der Waals surface area contributed by atoms with E-state index in [2.05, 4.69) is 22.0 Å². The van der Waals surface area contributed by atoms with Gasteiger partial charge in [0.25, 0.3) is 5.89 Å². The van der Waals surface area contributed by atoms with Gasteiger partial charge >= 0.3 is 0 Å². The van der Waals surface area contributed by atoms with Crippen LogP contribution in [0, 0.1) is 0 Å². The van der Waals surface area contributed by atoms with Gasteiger partial charge in [0.1, 0.15) is 5.75 Å². The fourth-order valence-electron chi connectivity index (χ4n) is 1.77. The lowest BCUT2D eigenvalue weighted by Crippen LogP contribution is -2.18. The fourth-order valence-corrected chi connectivity index (χ4v) is 1.77. The summed E-state index contributed by atoms with van der Waals surface area (Å²) in [7, 11) is 0. The Morgan fingerprint density at radius 3 is 2.90 bits per heavy atom. The molecule has 108 valence electrons. The van der Waals surface area contributed by atoms with E-state index in [1.54, 1.807) is 6.20 Å². The first-order valence-corrected chi connectivity index (χ1v) is 6.82. The Morgan fingerprint density at radius 2 is 2.25 bits per heavy atom. The molecule has 0 aliphatic carbocycles. The number of nitrogens with two attached hydrogens (primary N) is 1. The molecule has 0 saturated carbocycles. The van der Waals surface area contributed by atoms with Gasteiger partial charge in [-0.05, 0) is 25.5 Å². The second-order valence-corrected chi connectivity index (χ2v) is 4.81. The summed E-state index contributed by atoms with van der Waals surface area (Å²) in [6.45, 7) is 4.28. The average Bonchev–Trinajstić information content (AvgIpc) is 2.86. The summed E-state index contributed by atoms with van der Waals surface area (Å²) in [4.78, 5) is 8.53. The van der Waals surface area contributed by atoms with Crippen molar-refractivity contribution in [2.45, 2.75) is 45.8 Å². The minimum absolute atomic E-state index is 0.102. The van der Waals surface area contributed by atoms with E-state index in [0.717, 1.165) is 30.8 Å². The summed E-state index contributed by atoms with van der Waals surface area (Å²) < 4.78 is 10.6. The third kappa shape index (κ3) is 4.31. The maximum atomic E-state index is 5.73. The molecular formula is C14H20N4O2. The van der Waals surface area contributed by atoms with Crippen LogP contribution in [0.2, 0.25) is 0 Å². The van der Waals surface area contributed by atoms with Crippen molar-refractivity contribution < 1.29 is 9.26 Å². The smallest absolute Gasteiger partial charge is 0.264 e. The maximum absolute atomic E-state index is 5.73. The van der Waals surface area contributed by atoms with Crippen LogP contribution in [0.4, 0.5) is 0 Å². The molecule has 6 heteroatoms. The molecule has 2 heterocycles. The van der Waals surface area contributed by atoms with E-state index < -0.39 is 0 Å². The molecule has 2 rings (SSSR count). The number of ether oxygens (including phenoxy) is 1. The average molecular weight is 276 g/mol. The minimum Gasteiger partial charge on any atom is -0.482 e. The Labute approximate surface area is 118 Å². The summed E-state index contributed by atoms with van der Waals surface area (Å²) in [6, 6.07) is 3.88. The van der Waals surface area contributed by atoms with Crippen LogP contribution in [0.3, 0.4) is 0 Å². The molecule has 1 atom stereocenters. The van der Waals surface area contributed by atoms with Crippen molar-refractivity contribution in [1.29, 1.82) is 0 Å². The molecular weight excluding hydrogens is 256 g/mol. The molecule has 0 aliphatic rings. The summed E-state index contributed by atoms with van der Waals surface area (Å²) >= 11 is 0. The number of nitrogens with zero attached hydrogens (tertiary/aromatic N) is 3. The molecule has 1 unspecified atom stereocenters. The molecule has 0 amide bonds. The maximum Gasteiger partial charge on any atom is 0.264 e. The predicted molar refractivity (Wildman–Crippen MR) is 74.2 cm³/mol. The quantitative estimate of drug-likeness (QED) is 0.831. The predicted octanol–water partition coefficient (Wildman–Crippen LogP) is 1.89. The van der Waals surface area contributed by atoms with Crippen LogP contribution < -0.4 is 10.5 Å². The van der Waals surface area contributed by atoms with Gasteiger partial charge in [-0.1, -0.05) is 12.1 Å². The summed E-state index contributed by atoms with van der Waals surface area (Å²) in [6.07, 6.45) is 4.24. The lowest BCUT2D eigenvalue weighted by Gasteiger charge is -2.06. The van der Waals surface area contributed by atoms with E-state index in [-0.39, 0.29) is 12.6 Å². The minimum atomic E-state index is 0.102. The Balaban J connectivity index is 1.86. The summed E-state index contributed by atoms with van der Waals surface area (Å²) in [5.74, 6) is 1.87. The first-order valence-electron chi connectivity index (χ1n) is 6.82. The van der Waals surface area contributed by atoms with Crippen molar-refractivity contribution in [3.63, 3.8) is 0 Å². The lowest BCUT2D eigenvalue weighted by molar-refractivity contribution is 0.241. The first kappa shape index (κ1) is 14.5. The van der Waals surface area contributed by atoms with Crippen molar-refractivity contribution in [2.75, 3.05) is 0 Å². The summed E-state index contributed by atoms with van der Waals surface area (Å²) in [5.41, 5.74) is 6.68. The fraction of sp³-hybridized carbons (Fsp3) is 0.500. The van der Waals surface area contributed by atoms with E-state index in [9.17, 15) is 0 Å². The second kappa shape index (κ2) is 7.00. The van der Waals surface area contributed by atoms with Gasteiger partial charge in [0.05, 0.1) is 6.20 Å². The van der Waals surface area contributed by atoms with E-state index in [1.165, 1.54) is 0 Å². The van der Waals surface area contributed by atoms with E-state index in [1.807, 2.05) is 19.1 Å². The van der Waals surface area contributed by atoms with Gasteiger partial charge in [0.2, 0.25) is 0 Å². The summed E-state index contributed by atoms with van der Waals surface area (Å²) in [5, 5.41) is 3.87. The topological polar surface area (TPSA) is 87.1 Å². The zero-order valence-electron chi connectivity index (χ0n) is 11.9. The number of aromatic nitrogens is 3. The van der Waals surface area contributed by atoms with Crippen molar-refractivity contribution in [3.8, 4) is 5.75 Å². The lowest BCUT2D eigenvalue weighted by atomic mass is 10.2. The normalized spacial score (nSPS) is 12.3. The molecule has 6 nitrogen and oxygen atoms in total. The third-order valence-corrected chi connectivity index (χ3v) is 2.67. The van der Waals surface area contributed by atoms with E-state index in [4.69, 9.17) is 15.0 Å². The van der Waals surface area contributed by atoms with Crippen LogP contribution in [-0.4, -0.2) is 21.2 Å². The number of pyridine rings is 1. The van der Waals surface area contributed by atoms with Crippen molar-refractivity contribution in [3.05, 3.63) is 35.7 Å². The Kier molecular flexibility index (Phi) is 5.06. The molecule has 0 spiro atoms. The largest absolute Gasteiger partial charge is 0.482 e. The van der Waals surface area contributed by atoms with Gasteiger partial charge in [-0.3, -0.25) is 4.98 Å². The van der Waals surface area contributed by atoms with E-state index in [0.29, 0.717) is 11.6 Å².